The zero-order valence-electron chi connectivity index (χ0n) is 23.4. The SMILES string of the molecule is COc1cc(OC)c(-c2cn3ccc(N4CCN(c5cc(N6CCN(C)CC6)ncn5)CC4)cc3n2)cc1Cl.Cl.Cl. The lowest BCUT2D eigenvalue weighted by Crippen LogP contribution is -2.47. The van der Waals surface area contributed by atoms with Gasteiger partial charge in [-0.3, -0.25) is 0 Å². The summed E-state index contributed by atoms with van der Waals surface area (Å²) in [5, 5.41) is 0.517. The van der Waals surface area contributed by atoms with Gasteiger partial charge in [-0.05, 0) is 19.2 Å². The summed E-state index contributed by atoms with van der Waals surface area (Å²) in [4.78, 5) is 23.5. The van der Waals surface area contributed by atoms with E-state index in [1.807, 2.05) is 16.7 Å². The molecule has 41 heavy (non-hydrogen) atoms. The molecule has 1 aromatic carbocycles. The predicted molar refractivity (Wildman–Crippen MR) is 169 cm³/mol. The fourth-order valence-electron chi connectivity index (χ4n) is 5.27. The summed E-state index contributed by atoms with van der Waals surface area (Å²) in [6.07, 6.45) is 5.74. The number of hydrogen-bond donors (Lipinski definition) is 0. The summed E-state index contributed by atoms with van der Waals surface area (Å²) in [7, 11) is 5.39. The van der Waals surface area contributed by atoms with E-state index in [4.69, 9.17) is 26.1 Å². The number of aromatic nitrogens is 4. The standard InChI is InChI=1S/C28H33ClN8O2.2ClH/c1-33-6-8-35(9-7-33)26-17-27(31-19-30-26)36-12-10-34(11-13-36)20-4-5-37-18-23(32-28(37)14-20)21-15-22(29)25(39-3)16-24(21)38-2;;/h4-5,14-19H,6-13H2,1-3H3;2*1H. The fraction of sp³-hybridized carbons (Fsp3) is 0.393. The van der Waals surface area contributed by atoms with Crippen molar-refractivity contribution in [2.24, 2.45) is 0 Å². The molecule has 0 spiro atoms. The predicted octanol–water partition coefficient (Wildman–Crippen LogP) is 4.38. The molecule has 0 amide bonds. The molecule has 0 aliphatic carbocycles. The molecule has 2 aliphatic rings. The molecule has 0 bridgehead atoms. The summed E-state index contributed by atoms with van der Waals surface area (Å²) in [5.74, 6) is 3.25. The Balaban J connectivity index is 0.00000194. The van der Waals surface area contributed by atoms with E-state index in [1.165, 1.54) is 0 Å². The van der Waals surface area contributed by atoms with E-state index in [9.17, 15) is 0 Å². The van der Waals surface area contributed by atoms with Crippen molar-refractivity contribution in [3.8, 4) is 22.8 Å². The highest BCUT2D eigenvalue weighted by atomic mass is 35.5. The average molecular weight is 622 g/mol. The van der Waals surface area contributed by atoms with E-state index in [-0.39, 0.29) is 24.8 Å². The maximum atomic E-state index is 6.41. The van der Waals surface area contributed by atoms with Crippen LogP contribution in [0, 0.1) is 0 Å². The van der Waals surface area contributed by atoms with Crippen molar-refractivity contribution in [2.45, 2.75) is 0 Å². The van der Waals surface area contributed by atoms with Crippen LogP contribution in [0.1, 0.15) is 0 Å². The second kappa shape index (κ2) is 13.2. The van der Waals surface area contributed by atoms with Crippen molar-refractivity contribution in [1.82, 2.24) is 24.3 Å². The number of benzene rings is 1. The Hall–Kier alpha value is -3.18. The van der Waals surface area contributed by atoms with Gasteiger partial charge in [-0.25, -0.2) is 15.0 Å². The number of hydrogen-bond acceptors (Lipinski definition) is 9. The summed E-state index contributed by atoms with van der Waals surface area (Å²) in [6.45, 7) is 7.70. The molecule has 0 unspecified atom stereocenters. The van der Waals surface area contributed by atoms with Crippen LogP contribution >= 0.6 is 36.4 Å². The minimum Gasteiger partial charge on any atom is -0.496 e. The number of nitrogens with zero attached hydrogens (tertiary/aromatic N) is 8. The van der Waals surface area contributed by atoms with Gasteiger partial charge in [0.2, 0.25) is 0 Å². The highest BCUT2D eigenvalue weighted by Gasteiger charge is 2.22. The monoisotopic (exact) mass is 620 g/mol. The Kier molecular flexibility index (Phi) is 9.91. The average Bonchev–Trinajstić information content (AvgIpc) is 3.41. The molecule has 0 N–H and O–H groups in total. The van der Waals surface area contributed by atoms with Gasteiger partial charge in [0.25, 0.3) is 0 Å². The normalized spacial score (nSPS) is 15.9. The van der Waals surface area contributed by atoms with Crippen LogP contribution in [0.4, 0.5) is 17.3 Å². The zero-order chi connectivity index (χ0) is 26.9. The number of methoxy groups -OCH3 is 2. The van der Waals surface area contributed by atoms with Crippen LogP contribution in [0.5, 0.6) is 11.5 Å². The van der Waals surface area contributed by atoms with Gasteiger partial charge in [-0.1, -0.05) is 11.6 Å². The number of fused-ring (bicyclic) bond motifs is 1. The Morgan fingerprint density at radius 1 is 0.756 bits per heavy atom. The topological polar surface area (TPSA) is 74.5 Å². The van der Waals surface area contributed by atoms with Gasteiger partial charge in [0, 0.05) is 94.2 Å². The summed E-state index contributed by atoms with van der Waals surface area (Å²) >= 11 is 6.41. The van der Waals surface area contributed by atoms with Crippen molar-refractivity contribution < 1.29 is 9.47 Å². The molecular formula is C28H35Cl3N8O2. The Morgan fingerprint density at radius 2 is 1.37 bits per heavy atom. The van der Waals surface area contributed by atoms with Gasteiger partial charge >= 0.3 is 0 Å². The van der Waals surface area contributed by atoms with Gasteiger partial charge < -0.3 is 33.5 Å². The molecule has 0 atom stereocenters. The van der Waals surface area contributed by atoms with Crippen molar-refractivity contribution in [1.29, 1.82) is 0 Å². The lowest BCUT2D eigenvalue weighted by Gasteiger charge is -2.37. The van der Waals surface area contributed by atoms with Crippen LogP contribution in [0.2, 0.25) is 5.02 Å². The number of halogens is 3. The minimum absolute atomic E-state index is 0. The molecule has 0 saturated carbocycles. The van der Waals surface area contributed by atoms with E-state index in [2.05, 4.69) is 61.0 Å². The second-order valence-corrected chi connectivity index (χ2v) is 10.4. The lowest BCUT2D eigenvalue weighted by atomic mass is 10.1. The maximum Gasteiger partial charge on any atom is 0.141 e. The van der Waals surface area contributed by atoms with Crippen LogP contribution in [-0.4, -0.2) is 97.9 Å². The first-order valence-corrected chi connectivity index (χ1v) is 13.6. The smallest absolute Gasteiger partial charge is 0.141 e. The maximum absolute atomic E-state index is 6.41. The lowest BCUT2D eigenvalue weighted by molar-refractivity contribution is 0.312. The van der Waals surface area contributed by atoms with Crippen LogP contribution in [-0.2, 0) is 0 Å². The van der Waals surface area contributed by atoms with Crippen LogP contribution in [0.3, 0.4) is 0 Å². The van der Waals surface area contributed by atoms with Gasteiger partial charge in [0.05, 0.1) is 24.9 Å². The van der Waals surface area contributed by atoms with Gasteiger partial charge in [0.15, 0.2) is 0 Å². The molecule has 0 radical (unpaired) electrons. The first-order valence-electron chi connectivity index (χ1n) is 13.2. The van der Waals surface area contributed by atoms with Crippen LogP contribution < -0.4 is 24.2 Å². The molecule has 220 valence electrons. The summed E-state index contributed by atoms with van der Waals surface area (Å²) < 4.78 is 12.9. The Morgan fingerprint density at radius 3 is 2.00 bits per heavy atom. The van der Waals surface area contributed by atoms with E-state index in [1.54, 1.807) is 26.6 Å². The molecule has 10 nitrogen and oxygen atoms in total. The van der Waals surface area contributed by atoms with E-state index < -0.39 is 0 Å². The molecule has 2 fully saturated rings. The van der Waals surface area contributed by atoms with Crippen molar-refractivity contribution in [2.75, 3.05) is 88.3 Å². The summed E-state index contributed by atoms with van der Waals surface area (Å²) in [5.41, 5.74) is 3.63. The number of pyridine rings is 1. The molecule has 5 heterocycles. The zero-order valence-corrected chi connectivity index (χ0v) is 25.8. The van der Waals surface area contributed by atoms with Gasteiger partial charge in [0.1, 0.15) is 35.1 Å². The number of rotatable bonds is 6. The largest absolute Gasteiger partial charge is 0.496 e. The minimum atomic E-state index is 0. The van der Waals surface area contributed by atoms with Gasteiger partial charge in [-0.2, -0.15) is 0 Å². The first-order chi connectivity index (χ1) is 19.0. The number of anilines is 3. The second-order valence-electron chi connectivity index (χ2n) is 9.96. The number of imidazole rings is 1. The third-order valence-corrected chi connectivity index (χ3v) is 7.92. The summed E-state index contributed by atoms with van der Waals surface area (Å²) in [6, 6.07) is 10.0. The third-order valence-electron chi connectivity index (χ3n) is 7.63. The molecule has 6 rings (SSSR count). The highest BCUT2D eigenvalue weighted by molar-refractivity contribution is 6.32. The Bertz CT molecular complexity index is 1470. The molecule has 13 heteroatoms. The van der Waals surface area contributed by atoms with E-state index >= 15 is 0 Å². The quantitative estimate of drug-likeness (QED) is 0.312. The fourth-order valence-corrected chi connectivity index (χ4v) is 5.51. The molecular weight excluding hydrogens is 587 g/mol. The number of piperazine rings is 2. The highest BCUT2D eigenvalue weighted by Crippen LogP contribution is 2.38. The first kappa shape index (κ1) is 30.8. The molecule has 3 aromatic heterocycles. The van der Waals surface area contributed by atoms with Gasteiger partial charge in [-0.15, -0.1) is 24.8 Å². The molecule has 2 saturated heterocycles. The number of ether oxygens (including phenoxy) is 2. The van der Waals surface area contributed by atoms with E-state index in [0.29, 0.717) is 16.5 Å². The number of likely N-dealkylation sites (N-methyl/N-ethyl adjacent to an activating group) is 1. The molecule has 4 aromatic rings. The third kappa shape index (κ3) is 6.35. The van der Waals surface area contributed by atoms with Crippen molar-refractivity contribution >= 4 is 59.4 Å². The van der Waals surface area contributed by atoms with Crippen molar-refractivity contribution in [3.63, 3.8) is 0 Å². The van der Waals surface area contributed by atoms with E-state index in [0.717, 1.165) is 86.6 Å². The van der Waals surface area contributed by atoms with Crippen LogP contribution in [0.25, 0.3) is 16.9 Å². The van der Waals surface area contributed by atoms with Crippen molar-refractivity contribution in [3.05, 3.63) is 54.1 Å². The van der Waals surface area contributed by atoms with Crippen LogP contribution in [0.15, 0.2) is 49.1 Å². The Labute approximate surface area is 257 Å². The molecule has 2 aliphatic heterocycles.